The van der Waals surface area contributed by atoms with E-state index in [0.717, 1.165) is 10.9 Å². The van der Waals surface area contributed by atoms with Crippen molar-refractivity contribution in [2.45, 2.75) is 0 Å². The average Bonchev–Trinajstić information content (AvgIpc) is 2.79. The number of carbonyl (C=O) groups excluding carboxylic acids is 1. The van der Waals surface area contributed by atoms with Crippen LogP contribution in [-0.4, -0.2) is 16.4 Å². The standard InChI is InChI=1S/C11H7N3O3/c15-6-16-14-11-13-8-4-3-7-2-1-5-12-9(7)10(8)17-11/h1-6H,(H,13,14). The van der Waals surface area contributed by atoms with Crippen molar-refractivity contribution in [3.8, 4) is 0 Å². The molecule has 0 amide bonds. The molecule has 2 heterocycles. The SMILES string of the molecule is O=CONc1nc2ccc3cccnc3c2o1. The van der Waals surface area contributed by atoms with Crippen molar-refractivity contribution < 1.29 is 14.0 Å². The Bertz CT molecular complexity index is 693. The first-order valence-corrected chi connectivity index (χ1v) is 4.88. The second-order valence-electron chi connectivity index (χ2n) is 3.32. The number of fused-ring (bicyclic) bond motifs is 3. The van der Waals surface area contributed by atoms with Gasteiger partial charge in [-0.1, -0.05) is 12.1 Å². The fourth-order valence-corrected chi connectivity index (χ4v) is 1.64. The molecule has 0 saturated heterocycles. The van der Waals surface area contributed by atoms with Crippen LogP contribution in [0.15, 0.2) is 34.9 Å². The molecule has 0 saturated carbocycles. The molecule has 0 bridgehead atoms. The van der Waals surface area contributed by atoms with E-state index in [4.69, 9.17) is 4.42 Å². The van der Waals surface area contributed by atoms with Gasteiger partial charge in [0, 0.05) is 11.6 Å². The van der Waals surface area contributed by atoms with Crippen molar-refractivity contribution in [3.05, 3.63) is 30.5 Å². The molecule has 0 unspecified atom stereocenters. The van der Waals surface area contributed by atoms with Gasteiger partial charge in [-0.2, -0.15) is 10.5 Å². The van der Waals surface area contributed by atoms with Crippen LogP contribution < -0.4 is 5.48 Å². The van der Waals surface area contributed by atoms with Crippen LogP contribution in [0.5, 0.6) is 0 Å². The number of rotatable bonds is 3. The third-order valence-electron chi connectivity index (χ3n) is 2.32. The van der Waals surface area contributed by atoms with Crippen molar-refractivity contribution in [2.24, 2.45) is 0 Å². The lowest BCUT2D eigenvalue weighted by molar-refractivity contribution is -0.126. The number of nitrogens with one attached hydrogen (secondary N) is 1. The van der Waals surface area contributed by atoms with Crippen LogP contribution in [0.4, 0.5) is 6.01 Å². The molecular weight excluding hydrogens is 222 g/mol. The molecule has 0 aliphatic rings. The molecule has 3 rings (SSSR count). The maximum Gasteiger partial charge on any atom is 0.330 e. The molecule has 0 fully saturated rings. The van der Waals surface area contributed by atoms with Crippen molar-refractivity contribution in [1.82, 2.24) is 9.97 Å². The first-order chi connectivity index (χ1) is 8.38. The predicted octanol–water partition coefficient (Wildman–Crippen LogP) is 1.88. The van der Waals surface area contributed by atoms with E-state index in [1.54, 1.807) is 6.20 Å². The van der Waals surface area contributed by atoms with Gasteiger partial charge in [-0.25, -0.2) is 0 Å². The Kier molecular flexibility index (Phi) is 2.11. The highest BCUT2D eigenvalue weighted by Crippen LogP contribution is 2.25. The van der Waals surface area contributed by atoms with Gasteiger partial charge in [0.15, 0.2) is 5.58 Å². The van der Waals surface area contributed by atoms with Gasteiger partial charge in [0.1, 0.15) is 11.0 Å². The lowest BCUT2D eigenvalue weighted by Crippen LogP contribution is -1.97. The van der Waals surface area contributed by atoms with E-state index in [0.29, 0.717) is 11.1 Å². The van der Waals surface area contributed by atoms with Crippen molar-refractivity contribution in [1.29, 1.82) is 0 Å². The Morgan fingerprint density at radius 2 is 2.29 bits per heavy atom. The normalized spacial score (nSPS) is 10.6. The molecule has 1 N–H and O–H groups in total. The Morgan fingerprint density at radius 3 is 3.18 bits per heavy atom. The van der Waals surface area contributed by atoms with E-state index >= 15 is 0 Å². The maximum absolute atomic E-state index is 10.0. The number of hydrogen-bond donors (Lipinski definition) is 1. The molecule has 2 aromatic heterocycles. The number of nitrogens with zero attached hydrogens (tertiary/aromatic N) is 2. The smallest absolute Gasteiger partial charge is 0.330 e. The summed E-state index contributed by atoms with van der Waals surface area (Å²) in [4.78, 5) is 22.7. The van der Waals surface area contributed by atoms with Crippen molar-refractivity contribution >= 4 is 34.5 Å². The number of oxazole rings is 1. The molecule has 3 aromatic rings. The Labute approximate surface area is 95.2 Å². The lowest BCUT2D eigenvalue weighted by Gasteiger charge is -1.95. The second-order valence-corrected chi connectivity index (χ2v) is 3.32. The monoisotopic (exact) mass is 229 g/mol. The minimum absolute atomic E-state index is 0.116. The fourth-order valence-electron chi connectivity index (χ4n) is 1.64. The minimum atomic E-state index is 0.116. The summed E-state index contributed by atoms with van der Waals surface area (Å²) in [5.41, 5.74) is 4.20. The van der Waals surface area contributed by atoms with Crippen LogP contribution >= 0.6 is 0 Å². The molecule has 0 atom stereocenters. The largest absolute Gasteiger partial charge is 0.419 e. The van der Waals surface area contributed by atoms with E-state index in [1.807, 2.05) is 24.3 Å². The highest BCUT2D eigenvalue weighted by molar-refractivity contribution is 6.00. The summed E-state index contributed by atoms with van der Waals surface area (Å²) in [6.07, 6.45) is 1.68. The van der Waals surface area contributed by atoms with E-state index in [-0.39, 0.29) is 12.5 Å². The van der Waals surface area contributed by atoms with Crippen LogP contribution in [0, 0.1) is 0 Å². The van der Waals surface area contributed by atoms with Crippen LogP contribution in [0.25, 0.3) is 22.0 Å². The van der Waals surface area contributed by atoms with Crippen LogP contribution in [0.1, 0.15) is 0 Å². The summed E-state index contributed by atoms with van der Waals surface area (Å²) in [6.45, 7) is 0.255. The molecule has 0 aliphatic heterocycles. The topological polar surface area (TPSA) is 77.2 Å². The molecule has 0 aliphatic carbocycles. The van der Waals surface area contributed by atoms with E-state index in [9.17, 15) is 4.79 Å². The molecule has 1 aromatic carbocycles. The van der Waals surface area contributed by atoms with E-state index in [2.05, 4.69) is 20.3 Å². The second kappa shape index (κ2) is 3.75. The van der Waals surface area contributed by atoms with Gasteiger partial charge in [-0.3, -0.25) is 9.78 Å². The maximum atomic E-state index is 10.0. The van der Waals surface area contributed by atoms with Gasteiger partial charge in [-0.05, 0) is 12.1 Å². The average molecular weight is 229 g/mol. The summed E-state index contributed by atoms with van der Waals surface area (Å²) in [7, 11) is 0. The minimum Gasteiger partial charge on any atom is -0.419 e. The van der Waals surface area contributed by atoms with Gasteiger partial charge < -0.3 is 9.25 Å². The molecule has 6 heteroatoms. The first kappa shape index (κ1) is 9.59. The van der Waals surface area contributed by atoms with E-state index < -0.39 is 0 Å². The Morgan fingerprint density at radius 1 is 1.35 bits per heavy atom. The quantitative estimate of drug-likeness (QED) is 0.545. The Balaban J connectivity index is 2.20. The summed E-state index contributed by atoms with van der Waals surface area (Å²) in [5, 5.41) is 0.957. The third-order valence-corrected chi connectivity index (χ3v) is 2.32. The molecule has 17 heavy (non-hydrogen) atoms. The first-order valence-electron chi connectivity index (χ1n) is 4.88. The number of carbonyl (C=O) groups is 1. The molecule has 6 nitrogen and oxygen atoms in total. The summed E-state index contributed by atoms with van der Waals surface area (Å²) < 4.78 is 5.41. The van der Waals surface area contributed by atoms with Crippen molar-refractivity contribution in [3.63, 3.8) is 0 Å². The van der Waals surface area contributed by atoms with Crippen molar-refractivity contribution in [2.75, 3.05) is 5.48 Å². The van der Waals surface area contributed by atoms with Gasteiger partial charge in [0.25, 0.3) is 0 Å². The zero-order valence-electron chi connectivity index (χ0n) is 8.58. The summed E-state index contributed by atoms with van der Waals surface area (Å²) >= 11 is 0. The molecule has 0 radical (unpaired) electrons. The highest BCUT2D eigenvalue weighted by Gasteiger charge is 2.09. The number of hydrogen-bond acceptors (Lipinski definition) is 6. The number of pyridine rings is 1. The Hall–Kier alpha value is -2.63. The lowest BCUT2D eigenvalue weighted by atomic mass is 10.2. The number of anilines is 1. The van der Waals surface area contributed by atoms with Gasteiger partial charge in [0.2, 0.25) is 0 Å². The fraction of sp³-hybridized carbons (Fsp3) is 0. The zero-order valence-corrected chi connectivity index (χ0v) is 8.58. The highest BCUT2D eigenvalue weighted by atomic mass is 16.7. The number of benzene rings is 1. The molecular formula is C11H7N3O3. The third kappa shape index (κ3) is 1.55. The van der Waals surface area contributed by atoms with Crippen LogP contribution in [0.2, 0.25) is 0 Å². The summed E-state index contributed by atoms with van der Waals surface area (Å²) in [5.74, 6) is 0. The zero-order chi connectivity index (χ0) is 11.7. The van der Waals surface area contributed by atoms with Crippen LogP contribution in [0.3, 0.4) is 0 Å². The number of aromatic nitrogens is 2. The predicted molar refractivity (Wildman–Crippen MR) is 60.1 cm³/mol. The summed E-state index contributed by atoms with van der Waals surface area (Å²) in [6, 6.07) is 7.61. The van der Waals surface area contributed by atoms with E-state index in [1.165, 1.54) is 0 Å². The van der Waals surface area contributed by atoms with Gasteiger partial charge in [0.05, 0.1) is 0 Å². The molecule has 0 spiro atoms. The molecule has 84 valence electrons. The van der Waals surface area contributed by atoms with Gasteiger partial charge in [-0.15, -0.1) is 0 Å². The van der Waals surface area contributed by atoms with Gasteiger partial charge >= 0.3 is 12.5 Å². The van der Waals surface area contributed by atoms with Crippen LogP contribution in [-0.2, 0) is 9.63 Å².